The van der Waals surface area contributed by atoms with Crippen LogP contribution in [0.1, 0.15) is 5.56 Å². The number of sulfonamides is 1. The lowest BCUT2D eigenvalue weighted by Crippen LogP contribution is -2.13. The van der Waals surface area contributed by atoms with Crippen LogP contribution < -0.4 is 16.2 Å². The first-order valence-electron chi connectivity index (χ1n) is 7.87. The second kappa shape index (κ2) is 6.95. The minimum Gasteiger partial charge on any atom is -0.506 e. The van der Waals surface area contributed by atoms with Gasteiger partial charge in [-0.3, -0.25) is 9.27 Å². The number of nitrogens with one attached hydrogen (secondary N) is 1. The normalized spacial score (nSPS) is 12.2. The zero-order chi connectivity index (χ0) is 20.7. The average molecular weight is 423 g/mol. The minimum atomic E-state index is -4.69. The van der Waals surface area contributed by atoms with Crippen LogP contribution in [0.4, 0.5) is 11.4 Å². The molecule has 11 heteroatoms. The number of rotatable bonds is 5. The van der Waals surface area contributed by atoms with E-state index in [0.717, 1.165) is 11.6 Å². The Morgan fingerprint density at radius 3 is 2.14 bits per heavy atom. The van der Waals surface area contributed by atoms with Crippen LogP contribution in [0.2, 0.25) is 0 Å². The van der Waals surface area contributed by atoms with E-state index >= 15 is 0 Å². The zero-order valence-electron chi connectivity index (χ0n) is 14.3. The summed E-state index contributed by atoms with van der Waals surface area (Å²) in [7, 11) is -8.65. The lowest BCUT2D eigenvalue weighted by atomic mass is 10.1. The highest BCUT2D eigenvalue weighted by atomic mass is 32.2. The maximum Gasteiger partial charge on any atom is 0.295 e. The third-order valence-corrected chi connectivity index (χ3v) is 6.41. The number of phenols is 1. The van der Waals surface area contributed by atoms with Gasteiger partial charge in [0.2, 0.25) is 0 Å². The van der Waals surface area contributed by atoms with Gasteiger partial charge in [-0.25, -0.2) is 8.42 Å². The lowest BCUT2D eigenvalue weighted by Gasteiger charge is -2.13. The van der Waals surface area contributed by atoms with E-state index in [1.807, 2.05) is 0 Å². The number of fused-ring (bicyclic) bond motifs is 1. The molecule has 28 heavy (non-hydrogen) atoms. The number of nitrogen functional groups attached to an aromatic ring is 1. The molecule has 9 nitrogen and oxygen atoms in total. The van der Waals surface area contributed by atoms with Crippen molar-refractivity contribution >= 4 is 42.3 Å². The zero-order valence-corrected chi connectivity index (χ0v) is 16.0. The summed E-state index contributed by atoms with van der Waals surface area (Å²) >= 11 is 0. The largest absolute Gasteiger partial charge is 0.506 e. The maximum absolute atomic E-state index is 12.6. The number of benzene rings is 3. The molecule has 3 rings (SSSR count). The monoisotopic (exact) mass is 423 g/mol. The minimum absolute atomic E-state index is 0.00924. The first-order chi connectivity index (χ1) is 13.0. The molecule has 0 unspecified atom stereocenters. The lowest BCUT2D eigenvalue weighted by molar-refractivity contribution is 0.470. The highest BCUT2D eigenvalue weighted by Crippen LogP contribution is 2.36. The maximum atomic E-state index is 12.6. The van der Waals surface area contributed by atoms with Crippen molar-refractivity contribution < 1.29 is 26.5 Å². The quantitative estimate of drug-likeness (QED) is 0.234. The topological polar surface area (TPSA) is 173 Å². The van der Waals surface area contributed by atoms with E-state index in [1.54, 1.807) is 12.1 Å². The Balaban J connectivity index is 2.10. The Labute approximate surface area is 161 Å². The van der Waals surface area contributed by atoms with Gasteiger partial charge in [-0.05, 0) is 29.8 Å². The predicted octanol–water partition coefficient (Wildman–Crippen LogP) is 1.63. The molecule has 0 heterocycles. The van der Waals surface area contributed by atoms with E-state index in [2.05, 4.69) is 4.72 Å². The Bertz CT molecular complexity index is 1270. The van der Waals surface area contributed by atoms with Crippen molar-refractivity contribution in [3.63, 3.8) is 0 Å². The van der Waals surface area contributed by atoms with Gasteiger partial charge < -0.3 is 16.6 Å². The standard InChI is InChI=1S/C17H17N3O6S2/c18-9-10-1-4-12(5-2-10)27(22,23)20-11-3-6-13-14(7-11)16(28(24,25)26)8-15(21)17(13)19/h1-8,20-21H,9,18-19H2,(H,24,25,26). The highest BCUT2D eigenvalue weighted by molar-refractivity contribution is 7.92. The summed E-state index contributed by atoms with van der Waals surface area (Å²) in [6, 6.07) is 10.7. The molecule has 3 aromatic carbocycles. The van der Waals surface area contributed by atoms with Crippen LogP contribution in [-0.4, -0.2) is 26.5 Å². The Hall–Kier alpha value is -2.86. The first kappa shape index (κ1) is 19.9. The van der Waals surface area contributed by atoms with Gasteiger partial charge in [0, 0.05) is 29.1 Å². The number of hydrogen-bond acceptors (Lipinski definition) is 7. The number of phenolic OH excluding ortho intramolecular Hbond substituents is 1. The Morgan fingerprint density at radius 2 is 1.57 bits per heavy atom. The third-order valence-electron chi connectivity index (χ3n) is 4.12. The Morgan fingerprint density at radius 1 is 0.929 bits per heavy atom. The molecule has 148 valence electrons. The fraction of sp³-hybridized carbons (Fsp3) is 0.0588. The van der Waals surface area contributed by atoms with Crippen LogP contribution in [0, 0.1) is 0 Å². The van der Waals surface area contributed by atoms with Gasteiger partial charge in [-0.15, -0.1) is 0 Å². The summed E-state index contributed by atoms with van der Waals surface area (Å²) in [5.74, 6) is -0.520. The molecule has 3 aromatic rings. The molecular weight excluding hydrogens is 406 g/mol. The van der Waals surface area contributed by atoms with Crippen molar-refractivity contribution in [2.75, 3.05) is 10.5 Å². The molecule has 0 saturated heterocycles. The summed E-state index contributed by atoms with van der Waals surface area (Å²) < 4.78 is 60.2. The van der Waals surface area contributed by atoms with Crippen LogP contribution in [0.25, 0.3) is 10.8 Å². The second-order valence-electron chi connectivity index (χ2n) is 6.00. The Kier molecular flexibility index (Phi) is 4.93. The van der Waals surface area contributed by atoms with Crippen LogP contribution in [-0.2, 0) is 26.7 Å². The molecule has 0 aliphatic rings. The van der Waals surface area contributed by atoms with Crippen molar-refractivity contribution in [2.45, 2.75) is 16.3 Å². The first-order valence-corrected chi connectivity index (χ1v) is 10.8. The number of anilines is 2. The van der Waals surface area contributed by atoms with Gasteiger partial charge in [0.05, 0.1) is 10.6 Å². The fourth-order valence-electron chi connectivity index (χ4n) is 2.70. The molecule has 0 atom stereocenters. The van der Waals surface area contributed by atoms with Gasteiger partial charge in [0.25, 0.3) is 20.1 Å². The fourth-order valence-corrected chi connectivity index (χ4v) is 4.45. The van der Waals surface area contributed by atoms with E-state index in [9.17, 15) is 26.5 Å². The molecular formula is C17H17N3O6S2. The van der Waals surface area contributed by atoms with E-state index in [4.69, 9.17) is 11.5 Å². The van der Waals surface area contributed by atoms with E-state index in [0.29, 0.717) is 0 Å². The number of aromatic hydroxyl groups is 1. The van der Waals surface area contributed by atoms with Gasteiger partial charge in [-0.2, -0.15) is 8.42 Å². The van der Waals surface area contributed by atoms with Gasteiger partial charge in [-0.1, -0.05) is 18.2 Å². The molecule has 0 fully saturated rings. The van der Waals surface area contributed by atoms with E-state index in [1.165, 1.54) is 30.3 Å². The summed E-state index contributed by atoms with van der Waals surface area (Å²) in [4.78, 5) is -0.604. The average Bonchev–Trinajstić information content (AvgIpc) is 2.63. The van der Waals surface area contributed by atoms with Crippen molar-refractivity contribution in [1.82, 2.24) is 0 Å². The summed E-state index contributed by atoms with van der Waals surface area (Å²) in [6.45, 7) is 0.269. The number of hydrogen-bond donors (Lipinski definition) is 5. The van der Waals surface area contributed by atoms with Crippen LogP contribution in [0.3, 0.4) is 0 Å². The number of nitrogens with two attached hydrogens (primary N) is 2. The predicted molar refractivity (Wildman–Crippen MR) is 105 cm³/mol. The molecule has 0 aliphatic carbocycles. The molecule has 0 bridgehead atoms. The van der Waals surface area contributed by atoms with Gasteiger partial charge >= 0.3 is 0 Å². The van der Waals surface area contributed by atoms with E-state index < -0.39 is 30.8 Å². The molecule has 0 spiro atoms. The van der Waals surface area contributed by atoms with E-state index in [-0.39, 0.29) is 33.6 Å². The SMILES string of the molecule is NCc1ccc(S(=O)(=O)Nc2ccc3c(N)c(O)cc(S(=O)(=O)O)c3c2)cc1. The van der Waals surface area contributed by atoms with Gasteiger partial charge in [0.15, 0.2) is 0 Å². The molecule has 0 radical (unpaired) electrons. The van der Waals surface area contributed by atoms with Crippen molar-refractivity contribution in [3.8, 4) is 5.75 Å². The van der Waals surface area contributed by atoms with Crippen molar-refractivity contribution in [3.05, 3.63) is 54.1 Å². The molecule has 0 aliphatic heterocycles. The summed E-state index contributed by atoms with van der Waals surface area (Å²) in [5.41, 5.74) is 12.0. The highest BCUT2D eigenvalue weighted by Gasteiger charge is 2.20. The van der Waals surface area contributed by atoms with Crippen LogP contribution in [0.15, 0.2) is 58.3 Å². The van der Waals surface area contributed by atoms with Crippen molar-refractivity contribution in [2.24, 2.45) is 5.73 Å². The summed E-state index contributed by atoms with van der Waals surface area (Å²) in [5, 5.41) is 9.88. The summed E-state index contributed by atoms with van der Waals surface area (Å²) in [6.07, 6.45) is 0. The van der Waals surface area contributed by atoms with Gasteiger partial charge in [0.1, 0.15) is 10.6 Å². The smallest absolute Gasteiger partial charge is 0.295 e. The van der Waals surface area contributed by atoms with Crippen LogP contribution in [0.5, 0.6) is 5.75 Å². The molecule has 0 saturated carbocycles. The van der Waals surface area contributed by atoms with Crippen LogP contribution >= 0.6 is 0 Å². The molecule has 0 aromatic heterocycles. The molecule has 0 amide bonds. The molecule has 7 N–H and O–H groups in total. The second-order valence-corrected chi connectivity index (χ2v) is 9.07. The third kappa shape index (κ3) is 3.73. The van der Waals surface area contributed by atoms with Crippen molar-refractivity contribution in [1.29, 1.82) is 0 Å².